The van der Waals surface area contributed by atoms with Crippen LogP contribution in [-0.2, 0) is 6.42 Å². The second-order valence-electron chi connectivity index (χ2n) is 6.69. The molecule has 0 bridgehead atoms. The maximum atomic E-state index is 14.3. The van der Waals surface area contributed by atoms with E-state index in [0.29, 0.717) is 23.5 Å². The van der Waals surface area contributed by atoms with Crippen LogP contribution in [0.15, 0.2) is 18.2 Å². The van der Waals surface area contributed by atoms with Gasteiger partial charge < -0.3 is 10.1 Å². The number of methoxy groups -OCH3 is 1. The molecule has 0 aliphatic carbocycles. The molecule has 3 heteroatoms. The van der Waals surface area contributed by atoms with Crippen LogP contribution in [0.2, 0.25) is 0 Å². The topological polar surface area (TPSA) is 21.3 Å². The molecule has 0 spiro atoms. The maximum absolute atomic E-state index is 14.3. The standard InChI is InChI=1S/C18H30FNO/c1-13(2)9-15(12-20-11-14(3)4)10-16-7-6-8-17(21-5)18(16)19/h6-8,13-15,20H,9-12H2,1-5H3. The van der Waals surface area contributed by atoms with E-state index >= 15 is 0 Å². The number of hydrogen-bond acceptors (Lipinski definition) is 2. The molecule has 0 aromatic heterocycles. The summed E-state index contributed by atoms with van der Waals surface area (Å²) in [7, 11) is 1.51. The van der Waals surface area contributed by atoms with Crippen molar-refractivity contribution in [1.29, 1.82) is 0 Å². The van der Waals surface area contributed by atoms with Crippen molar-refractivity contribution in [3.63, 3.8) is 0 Å². The van der Waals surface area contributed by atoms with Gasteiger partial charge in [-0.05, 0) is 55.3 Å². The number of benzene rings is 1. The first-order valence-electron chi connectivity index (χ1n) is 7.96. The highest BCUT2D eigenvalue weighted by atomic mass is 19.1. The van der Waals surface area contributed by atoms with Crippen LogP contribution in [0.4, 0.5) is 4.39 Å². The summed E-state index contributed by atoms with van der Waals surface area (Å²) in [5.74, 6) is 1.83. The highest BCUT2D eigenvalue weighted by molar-refractivity contribution is 5.31. The van der Waals surface area contributed by atoms with Gasteiger partial charge in [0.2, 0.25) is 0 Å². The summed E-state index contributed by atoms with van der Waals surface area (Å²) in [5.41, 5.74) is 0.756. The minimum atomic E-state index is -0.211. The number of rotatable bonds is 9. The molecule has 1 aromatic rings. The molecule has 2 nitrogen and oxygen atoms in total. The summed E-state index contributed by atoms with van der Waals surface area (Å²) < 4.78 is 19.3. The summed E-state index contributed by atoms with van der Waals surface area (Å²) in [6, 6.07) is 5.41. The number of ether oxygens (including phenoxy) is 1. The normalized spacial score (nSPS) is 13.0. The molecular formula is C18H30FNO. The van der Waals surface area contributed by atoms with Crippen LogP contribution in [0.5, 0.6) is 5.75 Å². The van der Waals surface area contributed by atoms with Crippen molar-refractivity contribution in [3.05, 3.63) is 29.6 Å². The molecule has 0 amide bonds. The van der Waals surface area contributed by atoms with Gasteiger partial charge in [0.25, 0.3) is 0 Å². The van der Waals surface area contributed by atoms with Gasteiger partial charge in [-0.2, -0.15) is 0 Å². The van der Waals surface area contributed by atoms with Crippen molar-refractivity contribution in [2.45, 2.75) is 40.5 Å². The number of hydrogen-bond donors (Lipinski definition) is 1. The first kappa shape index (κ1) is 18.0. The van der Waals surface area contributed by atoms with Gasteiger partial charge in [-0.3, -0.25) is 0 Å². The van der Waals surface area contributed by atoms with E-state index in [-0.39, 0.29) is 5.82 Å². The lowest BCUT2D eigenvalue weighted by Gasteiger charge is -2.21. The number of halogens is 1. The van der Waals surface area contributed by atoms with Gasteiger partial charge in [-0.15, -0.1) is 0 Å². The average molecular weight is 295 g/mol. The van der Waals surface area contributed by atoms with E-state index < -0.39 is 0 Å². The molecule has 1 rings (SSSR count). The Bertz CT molecular complexity index is 418. The van der Waals surface area contributed by atoms with Crippen molar-refractivity contribution < 1.29 is 9.13 Å². The SMILES string of the molecule is COc1cccc(CC(CNCC(C)C)CC(C)C)c1F. The molecule has 1 unspecified atom stereocenters. The van der Waals surface area contributed by atoms with Crippen molar-refractivity contribution >= 4 is 0 Å². The van der Waals surface area contributed by atoms with E-state index in [1.54, 1.807) is 6.07 Å². The largest absolute Gasteiger partial charge is 0.494 e. The summed E-state index contributed by atoms with van der Waals surface area (Å²) in [6.07, 6.45) is 1.86. The molecule has 120 valence electrons. The molecule has 0 fully saturated rings. The van der Waals surface area contributed by atoms with E-state index in [1.165, 1.54) is 7.11 Å². The maximum Gasteiger partial charge on any atom is 0.168 e. The van der Waals surface area contributed by atoms with E-state index in [2.05, 4.69) is 33.0 Å². The minimum Gasteiger partial charge on any atom is -0.494 e. The van der Waals surface area contributed by atoms with Gasteiger partial charge >= 0.3 is 0 Å². The van der Waals surface area contributed by atoms with E-state index in [4.69, 9.17) is 4.74 Å². The lowest BCUT2D eigenvalue weighted by Crippen LogP contribution is -2.28. The Kier molecular flexibility index (Phi) is 7.73. The molecule has 0 saturated heterocycles. The zero-order valence-corrected chi connectivity index (χ0v) is 14.1. The van der Waals surface area contributed by atoms with E-state index in [9.17, 15) is 4.39 Å². The van der Waals surface area contributed by atoms with Gasteiger partial charge in [0.15, 0.2) is 11.6 Å². The van der Waals surface area contributed by atoms with Gasteiger partial charge in [0.1, 0.15) is 0 Å². The highest BCUT2D eigenvalue weighted by Crippen LogP contribution is 2.24. The molecule has 0 aliphatic heterocycles. The fraction of sp³-hybridized carbons (Fsp3) is 0.667. The van der Waals surface area contributed by atoms with Gasteiger partial charge in [0.05, 0.1) is 7.11 Å². The predicted octanol–water partition coefficient (Wildman–Crippen LogP) is 4.28. The molecule has 0 aliphatic rings. The quantitative estimate of drug-likeness (QED) is 0.734. The summed E-state index contributed by atoms with van der Waals surface area (Å²) in [6.45, 7) is 10.8. The monoisotopic (exact) mass is 295 g/mol. The Balaban J connectivity index is 2.71. The second kappa shape index (κ2) is 9.04. The van der Waals surface area contributed by atoms with Gasteiger partial charge in [-0.1, -0.05) is 39.8 Å². The van der Waals surface area contributed by atoms with Crippen LogP contribution >= 0.6 is 0 Å². The third-order valence-corrected chi connectivity index (χ3v) is 3.56. The van der Waals surface area contributed by atoms with Crippen molar-refractivity contribution in [2.75, 3.05) is 20.2 Å². The first-order valence-corrected chi connectivity index (χ1v) is 7.96. The molecule has 21 heavy (non-hydrogen) atoms. The van der Waals surface area contributed by atoms with Gasteiger partial charge in [-0.25, -0.2) is 4.39 Å². The highest BCUT2D eigenvalue weighted by Gasteiger charge is 2.16. The van der Waals surface area contributed by atoms with Crippen LogP contribution in [0.1, 0.15) is 39.7 Å². The molecule has 1 aromatic carbocycles. The second-order valence-corrected chi connectivity index (χ2v) is 6.69. The smallest absolute Gasteiger partial charge is 0.168 e. The fourth-order valence-electron chi connectivity index (χ4n) is 2.66. The third kappa shape index (κ3) is 6.47. The number of nitrogens with one attached hydrogen (secondary N) is 1. The Morgan fingerprint density at radius 3 is 2.38 bits per heavy atom. The van der Waals surface area contributed by atoms with Crippen molar-refractivity contribution in [3.8, 4) is 5.75 Å². The molecule has 1 N–H and O–H groups in total. The molecule has 1 atom stereocenters. The lowest BCUT2D eigenvalue weighted by molar-refractivity contribution is 0.362. The van der Waals surface area contributed by atoms with E-state index in [0.717, 1.165) is 31.5 Å². The Hall–Kier alpha value is -1.09. The Labute approximate surface area is 129 Å². The van der Waals surface area contributed by atoms with Crippen LogP contribution in [0.3, 0.4) is 0 Å². The minimum absolute atomic E-state index is 0.211. The predicted molar refractivity (Wildman–Crippen MR) is 87.3 cm³/mol. The van der Waals surface area contributed by atoms with E-state index in [1.807, 2.05) is 12.1 Å². The third-order valence-electron chi connectivity index (χ3n) is 3.56. The first-order chi connectivity index (χ1) is 9.93. The van der Waals surface area contributed by atoms with Crippen molar-refractivity contribution in [2.24, 2.45) is 17.8 Å². The molecule has 0 radical (unpaired) electrons. The Morgan fingerprint density at radius 2 is 1.81 bits per heavy atom. The molecular weight excluding hydrogens is 265 g/mol. The lowest BCUT2D eigenvalue weighted by atomic mass is 9.90. The summed E-state index contributed by atoms with van der Waals surface area (Å²) >= 11 is 0. The summed E-state index contributed by atoms with van der Waals surface area (Å²) in [4.78, 5) is 0. The zero-order chi connectivity index (χ0) is 15.8. The summed E-state index contributed by atoms with van der Waals surface area (Å²) in [5, 5.41) is 3.50. The fourth-order valence-corrected chi connectivity index (χ4v) is 2.66. The zero-order valence-electron chi connectivity index (χ0n) is 14.1. The van der Waals surface area contributed by atoms with Gasteiger partial charge in [0, 0.05) is 0 Å². The van der Waals surface area contributed by atoms with Crippen LogP contribution in [0.25, 0.3) is 0 Å². The van der Waals surface area contributed by atoms with Crippen LogP contribution < -0.4 is 10.1 Å². The average Bonchev–Trinajstić information content (AvgIpc) is 2.40. The molecule has 0 saturated carbocycles. The van der Waals surface area contributed by atoms with Crippen LogP contribution in [0, 0.1) is 23.6 Å². The molecule has 0 heterocycles. The van der Waals surface area contributed by atoms with Crippen molar-refractivity contribution in [1.82, 2.24) is 5.32 Å². The Morgan fingerprint density at radius 1 is 1.10 bits per heavy atom. The van der Waals surface area contributed by atoms with Crippen LogP contribution in [-0.4, -0.2) is 20.2 Å².